The van der Waals surface area contributed by atoms with Crippen LogP contribution in [0.5, 0.6) is 0 Å². The summed E-state index contributed by atoms with van der Waals surface area (Å²) in [4.78, 5) is 16.1. The number of pyridine rings is 1. The fraction of sp³-hybridized carbons (Fsp3) is 0.556. The molecule has 26 heavy (non-hydrogen) atoms. The third kappa shape index (κ3) is 5.59. The second-order valence-electron chi connectivity index (χ2n) is 6.60. The summed E-state index contributed by atoms with van der Waals surface area (Å²) < 4.78 is 11.4. The Hall–Kier alpha value is -1.31. The zero-order valence-electron chi connectivity index (χ0n) is 16.1. The van der Waals surface area contributed by atoms with E-state index >= 15 is 0 Å². The van der Waals surface area contributed by atoms with Gasteiger partial charge in [0.1, 0.15) is 22.4 Å². The Bertz CT molecular complexity index is 771. The van der Waals surface area contributed by atoms with Crippen LogP contribution in [0.15, 0.2) is 15.0 Å². The molecule has 6 nitrogen and oxygen atoms in total. The second-order valence-corrected chi connectivity index (χ2v) is 7.78. The molecule has 146 valence electrons. The number of furan rings is 1. The van der Waals surface area contributed by atoms with Crippen LogP contribution in [0.25, 0.3) is 11.1 Å². The molecule has 2 unspecified atom stereocenters. The predicted octanol–water partition coefficient (Wildman–Crippen LogP) is 5.52. The second kappa shape index (κ2) is 9.06. The number of amides is 1. The maximum atomic E-state index is 11.8. The van der Waals surface area contributed by atoms with E-state index in [1.54, 1.807) is 33.8 Å². The number of nitrogens with zero attached hydrogens (tertiary/aromatic N) is 1. The minimum atomic E-state index is -1.08. The van der Waals surface area contributed by atoms with E-state index in [2.05, 4.69) is 26.2 Å². The van der Waals surface area contributed by atoms with Gasteiger partial charge in [-0.15, -0.1) is 0 Å². The Balaban J connectivity index is 0.00000163. The molecular formula is C18H26BrClN2O4. The van der Waals surface area contributed by atoms with Gasteiger partial charge in [0.2, 0.25) is 0 Å². The van der Waals surface area contributed by atoms with Crippen LogP contribution < -0.4 is 5.32 Å². The van der Waals surface area contributed by atoms with E-state index in [1.807, 2.05) is 20.8 Å². The number of aliphatic hydroxyl groups is 1. The lowest BCUT2D eigenvalue weighted by atomic mass is 10.1. The fourth-order valence-electron chi connectivity index (χ4n) is 2.16. The van der Waals surface area contributed by atoms with Crippen molar-refractivity contribution in [3.63, 3.8) is 0 Å². The molecule has 2 rings (SSSR count). The highest BCUT2D eigenvalue weighted by molar-refractivity contribution is 9.10. The Labute approximate surface area is 167 Å². The van der Waals surface area contributed by atoms with Gasteiger partial charge in [-0.1, -0.05) is 25.4 Å². The topological polar surface area (TPSA) is 84.6 Å². The van der Waals surface area contributed by atoms with Crippen LogP contribution in [0.3, 0.4) is 0 Å². The summed E-state index contributed by atoms with van der Waals surface area (Å²) in [5, 5.41) is 13.5. The summed E-state index contributed by atoms with van der Waals surface area (Å²) in [5.41, 5.74) is 1.24. The Morgan fingerprint density at radius 2 is 2.00 bits per heavy atom. The van der Waals surface area contributed by atoms with Gasteiger partial charge in [0.05, 0.1) is 10.5 Å². The molecule has 0 saturated carbocycles. The van der Waals surface area contributed by atoms with E-state index < -0.39 is 23.8 Å². The number of hydrogen-bond donors (Lipinski definition) is 2. The summed E-state index contributed by atoms with van der Waals surface area (Å²) in [5.74, 6) is 0.270. The molecule has 0 aliphatic heterocycles. The number of rotatable bonds is 3. The fourth-order valence-corrected chi connectivity index (χ4v) is 2.99. The average molecular weight is 450 g/mol. The van der Waals surface area contributed by atoms with Gasteiger partial charge in [-0.3, -0.25) is 0 Å². The van der Waals surface area contributed by atoms with Gasteiger partial charge in [-0.05, 0) is 62.2 Å². The number of alkyl carbamates (subject to hydrolysis) is 1. The van der Waals surface area contributed by atoms with Crippen LogP contribution in [-0.4, -0.2) is 27.8 Å². The van der Waals surface area contributed by atoms with Crippen LogP contribution >= 0.6 is 27.5 Å². The van der Waals surface area contributed by atoms with E-state index in [9.17, 15) is 9.90 Å². The van der Waals surface area contributed by atoms with Crippen LogP contribution in [-0.2, 0) is 4.74 Å². The molecule has 0 bridgehead atoms. The normalized spacial score (nSPS) is 13.6. The summed E-state index contributed by atoms with van der Waals surface area (Å²) in [6, 6.07) is 1.05. The molecule has 1 amide bonds. The van der Waals surface area contributed by atoms with Gasteiger partial charge in [-0.2, -0.15) is 0 Å². The van der Waals surface area contributed by atoms with Gasteiger partial charge >= 0.3 is 6.09 Å². The zero-order valence-corrected chi connectivity index (χ0v) is 18.4. The lowest BCUT2D eigenvalue weighted by molar-refractivity contribution is 0.0416. The number of carbonyl (C=O) groups is 1. The van der Waals surface area contributed by atoms with Crippen molar-refractivity contribution in [3.05, 3.63) is 27.0 Å². The highest BCUT2D eigenvalue weighted by Crippen LogP contribution is 2.36. The SMILES string of the molecule is CC.Cc1cc(Cl)nc2c(Br)c(C(O)C(C)NC(=O)OC(C)(C)C)oc12. The quantitative estimate of drug-likeness (QED) is 0.602. The van der Waals surface area contributed by atoms with Crippen molar-refractivity contribution in [2.24, 2.45) is 0 Å². The lowest BCUT2D eigenvalue weighted by Gasteiger charge is -2.23. The zero-order chi connectivity index (χ0) is 20.2. The van der Waals surface area contributed by atoms with Crippen molar-refractivity contribution < 1.29 is 19.1 Å². The minimum Gasteiger partial charge on any atom is -0.455 e. The largest absolute Gasteiger partial charge is 0.455 e. The number of fused-ring (bicyclic) bond motifs is 1. The predicted molar refractivity (Wildman–Crippen MR) is 107 cm³/mol. The highest BCUT2D eigenvalue weighted by atomic mass is 79.9. The third-order valence-electron chi connectivity index (χ3n) is 3.25. The molecule has 0 radical (unpaired) electrons. The molecule has 0 aliphatic carbocycles. The molecule has 0 aromatic carbocycles. The van der Waals surface area contributed by atoms with Crippen molar-refractivity contribution in [1.29, 1.82) is 0 Å². The van der Waals surface area contributed by atoms with E-state index in [-0.39, 0.29) is 5.76 Å². The van der Waals surface area contributed by atoms with E-state index in [0.717, 1.165) is 5.56 Å². The number of nitrogens with one attached hydrogen (secondary N) is 1. The van der Waals surface area contributed by atoms with Crippen LogP contribution in [0, 0.1) is 6.92 Å². The molecule has 0 aliphatic rings. The Morgan fingerprint density at radius 3 is 2.54 bits per heavy atom. The molecule has 8 heteroatoms. The van der Waals surface area contributed by atoms with Crippen molar-refractivity contribution in [1.82, 2.24) is 10.3 Å². The van der Waals surface area contributed by atoms with E-state index in [0.29, 0.717) is 20.7 Å². The van der Waals surface area contributed by atoms with Gasteiger partial charge in [0.15, 0.2) is 11.3 Å². The van der Waals surface area contributed by atoms with Crippen molar-refractivity contribution in [3.8, 4) is 0 Å². The van der Waals surface area contributed by atoms with E-state index in [1.165, 1.54) is 0 Å². The standard InChI is InChI=1S/C16H20BrClN2O4.C2H6/c1-7-6-9(18)20-11-10(17)14(23-13(7)11)12(21)8(2)19-15(22)24-16(3,4)5;1-2/h6,8,12,21H,1-5H3,(H,19,22);1-2H3. The van der Waals surface area contributed by atoms with Crippen molar-refractivity contribution in [2.75, 3.05) is 0 Å². The molecule has 0 saturated heterocycles. The first-order valence-corrected chi connectivity index (χ1v) is 9.59. The highest BCUT2D eigenvalue weighted by Gasteiger charge is 2.28. The number of ether oxygens (including phenoxy) is 1. The Kier molecular flexibility index (Phi) is 7.92. The molecule has 0 fully saturated rings. The number of aryl methyl sites for hydroxylation is 1. The van der Waals surface area contributed by atoms with E-state index in [4.69, 9.17) is 20.8 Å². The van der Waals surface area contributed by atoms with Crippen LogP contribution in [0.4, 0.5) is 4.79 Å². The first-order chi connectivity index (χ1) is 12.0. The maximum absolute atomic E-state index is 11.8. The number of aliphatic hydroxyl groups excluding tert-OH is 1. The van der Waals surface area contributed by atoms with Crippen molar-refractivity contribution in [2.45, 2.75) is 66.2 Å². The van der Waals surface area contributed by atoms with Gasteiger partial charge in [0, 0.05) is 0 Å². The first kappa shape index (κ1) is 22.7. The van der Waals surface area contributed by atoms with Gasteiger partial charge in [-0.25, -0.2) is 9.78 Å². The molecular weight excluding hydrogens is 424 g/mol. The molecule has 2 atom stereocenters. The summed E-state index contributed by atoms with van der Waals surface area (Å²) in [6.45, 7) is 12.8. The van der Waals surface area contributed by atoms with Gasteiger partial charge < -0.3 is 19.6 Å². The van der Waals surface area contributed by atoms with Gasteiger partial charge in [0.25, 0.3) is 0 Å². The molecule has 2 N–H and O–H groups in total. The molecule has 2 aromatic rings. The van der Waals surface area contributed by atoms with Crippen LogP contribution in [0.1, 0.15) is 59.0 Å². The summed E-state index contributed by atoms with van der Waals surface area (Å²) in [7, 11) is 0. The monoisotopic (exact) mass is 448 g/mol. The third-order valence-corrected chi connectivity index (χ3v) is 4.21. The average Bonchev–Trinajstić information content (AvgIpc) is 2.84. The molecule has 2 aromatic heterocycles. The summed E-state index contributed by atoms with van der Waals surface area (Å²) >= 11 is 9.35. The number of carbonyl (C=O) groups excluding carboxylic acids is 1. The molecule has 2 heterocycles. The number of hydrogen-bond acceptors (Lipinski definition) is 5. The smallest absolute Gasteiger partial charge is 0.407 e. The maximum Gasteiger partial charge on any atom is 0.407 e. The first-order valence-electron chi connectivity index (χ1n) is 8.42. The number of halogens is 2. The lowest BCUT2D eigenvalue weighted by Crippen LogP contribution is -2.40. The van der Waals surface area contributed by atoms with Crippen molar-refractivity contribution >= 4 is 44.7 Å². The van der Waals surface area contributed by atoms with Crippen LogP contribution in [0.2, 0.25) is 5.15 Å². The number of aromatic nitrogens is 1. The summed E-state index contributed by atoms with van der Waals surface area (Å²) in [6.07, 6.45) is -1.70. The molecule has 0 spiro atoms. The Morgan fingerprint density at radius 1 is 1.42 bits per heavy atom. The minimum absolute atomic E-state index is 0.270.